The highest BCUT2D eigenvalue weighted by molar-refractivity contribution is 5.79. The molecule has 0 saturated carbocycles. The number of nitrogens with zero attached hydrogens (tertiary/aromatic N) is 3. The highest BCUT2D eigenvalue weighted by Gasteiger charge is 2.21. The fourth-order valence-corrected chi connectivity index (χ4v) is 2.88. The average Bonchev–Trinajstić information content (AvgIpc) is 2.70. The van der Waals surface area contributed by atoms with Gasteiger partial charge in [-0.05, 0) is 32.0 Å². The van der Waals surface area contributed by atoms with Crippen LogP contribution in [0.5, 0.6) is 5.75 Å². The third-order valence-electron chi connectivity index (χ3n) is 4.34. The molecule has 0 aliphatic heterocycles. The molecule has 3 rings (SSSR count). The molecule has 2 aromatic carbocycles. The summed E-state index contributed by atoms with van der Waals surface area (Å²) in [7, 11) is 0. The zero-order chi connectivity index (χ0) is 21.0. The number of nitro groups is 1. The van der Waals surface area contributed by atoms with Crippen LogP contribution in [0.2, 0.25) is 0 Å². The zero-order valence-electron chi connectivity index (χ0n) is 16.0. The molecule has 0 spiro atoms. The molecular formula is C20H20N4O5. The van der Waals surface area contributed by atoms with Gasteiger partial charge in [0, 0.05) is 12.1 Å². The van der Waals surface area contributed by atoms with Gasteiger partial charge in [0.25, 0.3) is 11.5 Å². The molecule has 1 amide bonds. The van der Waals surface area contributed by atoms with E-state index in [1.807, 2.05) is 13.8 Å². The quantitative estimate of drug-likeness (QED) is 0.484. The molecule has 0 saturated heterocycles. The van der Waals surface area contributed by atoms with Crippen molar-refractivity contribution < 1.29 is 14.5 Å². The Hall–Kier alpha value is -3.75. The van der Waals surface area contributed by atoms with Gasteiger partial charge in [-0.1, -0.05) is 24.3 Å². The summed E-state index contributed by atoms with van der Waals surface area (Å²) in [4.78, 5) is 44.1. The number of nitrogens with one attached hydrogen (secondary N) is 1. The minimum absolute atomic E-state index is 0.0202. The van der Waals surface area contributed by atoms with Crippen LogP contribution in [0.25, 0.3) is 10.9 Å². The van der Waals surface area contributed by atoms with E-state index in [4.69, 9.17) is 4.74 Å². The molecule has 9 heteroatoms. The predicted molar refractivity (Wildman–Crippen MR) is 107 cm³/mol. The molecule has 3 aromatic rings. The largest absolute Gasteiger partial charge is 0.477 e. The van der Waals surface area contributed by atoms with E-state index in [2.05, 4.69) is 9.97 Å². The summed E-state index contributed by atoms with van der Waals surface area (Å²) in [6.45, 7) is 3.35. The number of carbonyl (C=O) groups excluding carboxylic acids is 1. The lowest BCUT2D eigenvalue weighted by molar-refractivity contribution is -0.385. The van der Waals surface area contributed by atoms with E-state index in [-0.39, 0.29) is 42.1 Å². The van der Waals surface area contributed by atoms with E-state index in [0.717, 1.165) is 0 Å². The molecule has 1 aromatic heterocycles. The van der Waals surface area contributed by atoms with Gasteiger partial charge in [-0.15, -0.1) is 0 Å². The minimum Gasteiger partial charge on any atom is -0.477 e. The number of rotatable bonds is 7. The normalized spacial score (nSPS) is 10.9. The second-order valence-electron chi connectivity index (χ2n) is 6.66. The Morgan fingerprint density at radius 2 is 1.90 bits per heavy atom. The molecule has 0 aliphatic carbocycles. The van der Waals surface area contributed by atoms with Crippen molar-refractivity contribution in [2.24, 2.45) is 0 Å². The molecule has 0 atom stereocenters. The second kappa shape index (κ2) is 8.51. The molecule has 9 nitrogen and oxygen atoms in total. The molecule has 29 heavy (non-hydrogen) atoms. The number of para-hydroxylation sites is 3. The Labute approximate surface area is 166 Å². The molecule has 150 valence electrons. The van der Waals surface area contributed by atoms with Crippen LogP contribution >= 0.6 is 0 Å². The summed E-state index contributed by atoms with van der Waals surface area (Å²) in [6, 6.07) is 12.6. The lowest BCUT2D eigenvalue weighted by Crippen LogP contribution is -2.40. The van der Waals surface area contributed by atoms with E-state index in [9.17, 15) is 19.7 Å². The highest BCUT2D eigenvalue weighted by atomic mass is 16.6. The van der Waals surface area contributed by atoms with Crippen LogP contribution < -0.4 is 10.3 Å². The first-order valence-electron chi connectivity index (χ1n) is 9.00. The van der Waals surface area contributed by atoms with Crippen molar-refractivity contribution in [3.8, 4) is 5.75 Å². The number of carbonyl (C=O) groups is 1. The third kappa shape index (κ3) is 4.57. The SMILES string of the molecule is CC(C)N(Cc1nc2ccccc2c(=O)[nH]1)C(=O)COc1ccccc1[N+](=O)[O-]. The van der Waals surface area contributed by atoms with Crippen molar-refractivity contribution in [3.05, 3.63) is 74.8 Å². The lowest BCUT2D eigenvalue weighted by atomic mass is 10.2. The number of H-pyrrole nitrogens is 1. The fraction of sp³-hybridized carbons (Fsp3) is 0.250. The number of aromatic nitrogens is 2. The fourth-order valence-electron chi connectivity index (χ4n) is 2.88. The molecule has 0 fully saturated rings. The van der Waals surface area contributed by atoms with Crippen LogP contribution in [0.3, 0.4) is 0 Å². The van der Waals surface area contributed by atoms with Gasteiger partial charge in [0.2, 0.25) is 0 Å². The monoisotopic (exact) mass is 396 g/mol. The lowest BCUT2D eigenvalue weighted by Gasteiger charge is -2.26. The number of benzene rings is 2. The Kier molecular flexibility index (Phi) is 5.87. The number of aromatic amines is 1. The number of hydrogen-bond donors (Lipinski definition) is 1. The zero-order valence-corrected chi connectivity index (χ0v) is 16.0. The van der Waals surface area contributed by atoms with Crippen molar-refractivity contribution in [1.82, 2.24) is 14.9 Å². The van der Waals surface area contributed by atoms with Crippen LogP contribution in [0, 0.1) is 10.1 Å². The second-order valence-corrected chi connectivity index (χ2v) is 6.66. The van der Waals surface area contributed by atoms with Crippen molar-refractivity contribution in [2.45, 2.75) is 26.4 Å². The number of nitro benzene ring substituents is 1. The minimum atomic E-state index is -0.566. The Morgan fingerprint density at radius 3 is 2.62 bits per heavy atom. The molecule has 0 bridgehead atoms. The molecule has 0 aliphatic rings. The van der Waals surface area contributed by atoms with Crippen molar-refractivity contribution in [1.29, 1.82) is 0 Å². The Balaban J connectivity index is 1.77. The summed E-state index contributed by atoms with van der Waals surface area (Å²) in [5.41, 5.74) is 0.0494. The maximum atomic E-state index is 12.7. The first-order valence-corrected chi connectivity index (χ1v) is 9.00. The maximum Gasteiger partial charge on any atom is 0.310 e. The van der Waals surface area contributed by atoms with Gasteiger partial charge in [-0.3, -0.25) is 19.7 Å². The summed E-state index contributed by atoms with van der Waals surface area (Å²) < 4.78 is 5.40. The molecule has 0 radical (unpaired) electrons. The van der Waals surface area contributed by atoms with Crippen LogP contribution in [0.1, 0.15) is 19.7 Å². The van der Waals surface area contributed by atoms with Crippen molar-refractivity contribution in [3.63, 3.8) is 0 Å². The molecular weight excluding hydrogens is 376 g/mol. The van der Waals surface area contributed by atoms with E-state index in [1.54, 1.807) is 30.3 Å². The summed E-state index contributed by atoms with van der Waals surface area (Å²) in [5, 5.41) is 11.5. The number of hydrogen-bond acceptors (Lipinski definition) is 6. The van der Waals surface area contributed by atoms with Gasteiger partial charge < -0.3 is 14.6 Å². The van der Waals surface area contributed by atoms with Crippen molar-refractivity contribution >= 4 is 22.5 Å². The summed E-state index contributed by atoms with van der Waals surface area (Å²) >= 11 is 0. The standard InChI is InChI=1S/C20H20N4O5/c1-13(2)23(11-18-21-15-8-4-3-7-14(15)20(26)22-18)19(25)12-29-17-10-6-5-9-16(17)24(27)28/h3-10,13H,11-12H2,1-2H3,(H,21,22,26). The van der Waals surface area contributed by atoms with Crippen molar-refractivity contribution in [2.75, 3.05) is 6.61 Å². The smallest absolute Gasteiger partial charge is 0.310 e. The Morgan fingerprint density at radius 1 is 1.21 bits per heavy atom. The Bertz CT molecular complexity index is 1110. The first-order chi connectivity index (χ1) is 13.9. The highest BCUT2D eigenvalue weighted by Crippen LogP contribution is 2.25. The number of ether oxygens (including phenoxy) is 1. The van der Waals surface area contributed by atoms with Gasteiger partial charge in [0.05, 0.1) is 22.4 Å². The maximum absolute atomic E-state index is 12.7. The van der Waals surface area contributed by atoms with Gasteiger partial charge in [-0.25, -0.2) is 4.98 Å². The molecule has 0 unspecified atom stereocenters. The van der Waals surface area contributed by atoms with Crippen LogP contribution in [-0.2, 0) is 11.3 Å². The van der Waals surface area contributed by atoms with Crippen LogP contribution in [0.4, 0.5) is 5.69 Å². The van der Waals surface area contributed by atoms with Gasteiger partial charge in [-0.2, -0.15) is 0 Å². The predicted octanol–water partition coefficient (Wildman–Crippen LogP) is 2.65. The van der Waals surface area contributed by atoms with E-state index >= 15 is 0 Å². The van der Waals surface area contributed by atoms with Gasteiger partial charge in [0.15, 0.2) is 12.4 Å². The van der Waals surface area contributed by atoms with Gasteiger partial charge in [0.1, 0.15) is 5.82 Å². The average molecular weight is 396 g/mol. The summed E-state index contributed by atoms with van der Waals surface area (Å²) in [6.07, 6.45) is 0. The van der Waals surface area contributed by atoms with Gasteiger partial charge >= 0.3 is 5.69 Å². The van der Waals surface area contributed by atoms with Crippen LogP contribution in [-0.4, -0.2) is 38.3 Å². The molecule has 1 N–H and O–H groups in total. The third-order valence-corrected chi connectivity index (χ3v) is 4.34. The van der Waals surface area contributed by atoms with E-state index < -0.39 is 4.92 Å². The van der Waals surface area contributed by atoms with E-state index in [0.29, 0.717) is 16.7 Å². The van der Waals surface area contributed by atoms with Crippen LogP contribution in [0.15, 0.2) is 53.3 Å². The topological polar surface area (TPSA) is 118 Å². The first kappa shape index (κ1) is 20.0. The summed E-state index contributed by atoms with van der Waals surface area (Å²) in [5.74, 6) is -0.0119. The van der Waals surface area contributed by atoms with E-state index in [1.165, 1.54) is 23.1 Å². The molecule has 1 heterocycles. The number of amides is 1. The number of fused-ring (bicyclic) bond motifs is 1.